The molecule has 0 aliphatic rings. The molecule has 1 aromatic rings. The molecule has 7 heteroatoms. The zero-order valence-corrected chi connectivity index (χ0v) is 9.44. The molecule has 0 bridgehead atoms. The minimum Gasteiger partial charge on any atom is -0.329 e. The van der Waals surface area contributed by atoms with E-state index in [1.807, 2.05) is 0 Å². The van der Waals surface area contributed by atoms with Gasteiger partial charge in [-0.15, -0.1) is 11.3 Å². The van der Waals surface area contributed by atoms with Crippen LogP contribution in [-0.2, 0) is 16.6 Å². The van der Waals surface area contributed by atoms with E-state index in [0.717, 1.165) is 4.88 Å². The van der Waals surface area contributed by atoms with Gasteiger partial charge in [-0.2, -0.15) is 0 Å². The van der Waals surface area contributed by atoms with Gasteiger partial charge in [0, 0.05) is 24.2 Å². The van der Waals surface area contributed by atoms with Crippen molar-refractivity contribution < 1.29 is 8.42 Å². The maximum absolute atomic E-state index is 11.4. The molecule has 5 nitrogen and oxygen atoms in total. The number of rotatable bonds is 5. The van der Waals surface area contributed by atoms with Crippen LogP contribution in [0, 0.1) is 0 Å². The quantitative estimate of drug-likeness (QED) is 0.747. The van der Waals surface area contributed by atoms with E-state index in [1.54, 1.807) is 18.6 Å². The van der Waals surface area contributed by atoms with Crippen LogP contribution in [0.25, 0.3) is 0 Å². The summed E-state index contributed by atoms with van der Waals surface area (Å²) in [6, 6.07) is 0. The molecule has 0 spiro atoms. The van der Waals surface area contributed by atoms with E-state index in [0.29, 0.717) is 0 Å². The lowest BCUT2D eigenvalue weighted by Gasteiger charge is -2.10. The third-order valence-corrected chi connectivity index (χ3v) is 4.37. The van der Waals surface area contributed by atoms with Crippen LogP contribution in [0.1, 0.15) is 11.8 Å². The monoisotopic (exact) mass is 235 g/mol. The molecule has 0 fully saturated rings. The Kier molecular flexibility index (Phi) is 3.99. The Morgan fingerprint density at radius 3 is 2.93 bits per heavy atom. The van der Waals surface area contributed by atoms with Gasteiger partial charge in [0.05, 0.1) is 10.8 Å². The second kappa shape index (κ2) is 4.83. The van der Waals surface area contributed by atoms with Crippen molar-refractivity contribution in [3.8, 4) is 0 Å². The molecular formula is C7H13N3O2S2. The van der Waals surface area contributed by atoms with Crippen molar-refractivity contribution in [2.45, 2.75) is 18.7 Å². The van der Waals surface area contributed by atoms with Crippen molar-refractivity contribution >= 4 is 21.4 Å². The molecular weight excluding hydrogens is 222 g/mol. The zero-order valence-electron chi connectivity index (χ0n) is 7.80. The van der Waals surface area contributed by atoms with Gasteiger partial charge < -0.3 is 5.73 Å². The molecule has 0 saturated carbocycles. The van der Waals surface area contributed by atoms with E-state index in [1.165, 1.54) is 11.3 Å². The second-order valence-electron chi connectivity index (χ2n) is 2.88. The number of nitrogens with two attached hydrogens (primary N) is 1. The molecule has 0 saturated heterocycles. The van der Waals surface area contributed by atoms with Crippen LogP contribution in [-0.4, -0.2) is 25.2 Å². The van der Waals surface area contributed by atoms with Crippen molar-refractivity contribution in [2.24, 2.45) is 5.73 Å². The van der Waals surface area contributed by atoms with Crippen molar-refractivity contribution in [2.75, 3.05) is 6.54 Å². The summed E-state index contributed by atoms with van der Waals surface area (Å²) in [6.45, 7) is 1.99. The summed E-state index contributed by atoms with van der Waals surface area (Å²) >= 11 is 1.41. The molecule has 3 N–H and O–H groups in total. The van der Waals surface area contributed by atoms with E-state index >= 15 is 0 Å². The van der Waals surface area contributed by atoms with Crippen molar-refractivity contribution in [1.82, 2.24) is 9.71 Å². The first-order chi connectivity index (χ1) is 6.56. The van der Waals surface area contributed by atoms with Crippen LogP contribution >= 0.6 is 11.3 Å². The van der Waals surface area contributed by atoms with Crippen LogP contribution in [0.2, 0.25) is 0 Å². The standard InChI is InChI=1S/C7H13N3O2S2/c1-6(2-8)14(11,12)10-4-7-3-9-5-13-7/h3,5-6,10H,2,4,8H2,1H3. The van der Waals surface area contributed by atoms with Crippen molar-refractivity contribution in [3.05, 3.63) is 16.6 Å². The van der Waals surface area contributed by atoms with Crippen LogP contribution in [0.5, 0.6) is 0 Å². The largest absolute Gasteiger partial charge is 0.329 e. The summed E-state index contributed by atoms with van der Waals surface area (Å²) in [5.74, 6) is 0. The Morgan fingerprint density at radius 1 is 1.71 bits per heavy atom. The normalized spacial score (nSPS) is 14.1. The highest BCUT2D eigenvalue weighted by Gasteiger charge is 2.18. The fourth-order valence-corrected chi connectivity index (χ4v) is 2.29. The maximum Gasteiger partial charge on any atom is 0.215 e. The predicted octanol–water partition coefficient (Wildman–Crippen LogP) is -0.0903. The molecule has 1 rings (SSSR count). The number of hydrogen-bond acceptors (Lipinski definition) is 5. The Hall–Kier alpha value is -0.500. The van der Waals surface area contributed by atoms with Gasteiger partial charge in [-0.3, -0.25) is 4.98 Å². The highest BCUT2D eigenvalue weighted by atomic mass is 32.2. The fourth-order valence-electron chi connectivity index (χ4n) is 0.770. The number of hydrogen-bond donors (Lipinski definition) is 2. The Balaban J connectivity index is 2.53. The lowest BCUT2D eigenvalue weighted by Crippen LogP contribution is -2.36. The molecule has 14 heavy (non-hydrogen) atoms. The summed E-state index contributed by atoms with van der Waals surface area (Å²) in [5, 5.41) is -0.560. The molecule has 0 aliphatic carbocycles. The first kappa shape index (κ1) is 11.6. The number of sulfonamides is 1. The first-order valence-electron chi connectivity index (χ1n) is 4.12. The fraction of sp³-hybridized carbons (Fsp3) is 0.571. The zero-order chi connectivity index (χ0) is 10.6. The third-order valence-electron chi connectivity index (χ3n) is 1.79. The van der Waals surface area contributed by atoms with Crippen LogP contribution in [0.3, 0.4) is 0 Å². The van der Waals surface area contributed by atoms with Gasteiger partial charge in [0.15, 0.2) is 0 Å². The number of thiazole rings is 1. The second-order valence-corrected chi connectivity index (χ2v) is 6.03. The summed E-state index contributed by atoms with van der Waals surface area (Å²) in [5.41, 5.74) is 6.94. The molecule has 0 amide bonds. The lowest BCUT2D eigenvalue weighted by molar-refractivity contribution is 0.569. The van der Waals surface area contributed by atoms with Crippen LogP contribution in [0.4, 0.5) is 0 Å². The summed E-state index contributed by atoms with van der Waals surface area (Å²) in [6.07, 6.45) is 1.64. The molecule has 0 radical (unpaired) electrons. The van der Waals surface area contributed by atoms with E-state index in [9.17, 15) is 8.42 Å². The number of nitrogens with one attached hydrogen (secondary N) is 1. The maximum atomic E-state index is 11.4. The molecule has 1 aromatic heterocycles. The minimum absolute atomic E-state index is 0.123. The summed E-state index contributed by atoms with van der Waals surface area (Å²) < 4.78 is 25.4. The number of nitrogens with zero attached hydrogens (tertiary/aromatic N) is 1. The van der Waals surface area contributed by atoms with Gasteiger partial charge in [-0.25, -0.2) is 13.1 Å². The molecule has 0 aliphatic heterocycles. The Morgan fingerprint density at radius 2 is 2.43 bits per heavy atom. The Bertz CT molecular complexity index is 360. The van der Waals surface area contributed by atoms with Gasteiger partial charge in [-0.05, 0) is 6.92 Å². The third kappa shape index (κ3) is 3.02. The Labute approximate surface area is 87.4 Å². The van der Waals surface area contributed by atoms with Crippen LogP contribution in [0.15, 0.2) is 11.7 Å². The van der Waals surface area contributed by atoms with Crippen LogP contribution < -0.4 is 10.5 Å². The van der Waals surface area contributed by atoms with Gasteiger partial charge >= 0.3 is 0 Å². The van der Waals surface area contributed by atoms with E-state index in [2.05, 4.69) is 9.71 Å². The molecule has 1 unspecified atom stereocenters. The van der Waals surface area contributed by atoms with E-state index < -0.39 is 15.3 Å². The van der Waals surface area contributed by atoms with E-state index in [4.69, 9.17) is 5.73 Å². The van der Waals surface area contributed by atoms with Gasteiger partial charge in [0.25, 0.3) is 0 Å². The summed E-state index contributed by atoms with van der Waals surface area (Å²) in [7, 11) is -3.28. The molecule has 0 aromatic carbocycles. The van der Waals surface area contributed by atoms with E-state index in [-0.39, 0.29) is 13.1 Å². The highest BCUT2D eigenvalue weighted by Crippen LogP contribution is 2.06. The smallest absolute Gasteiger partial charge is 0.215 e. The van der Waals surface area contributed by atoms with Gasteiger partial charge in [-0.1, -0.05) is 0 Å². The number of aromatic nitrogens is 1. The first-order valence-corrected chi connectivity index (χ1v) is 6.54. The predicted molar refractivity (Wildman–Crippen MR) is 56.4 cm³/mol. The average molecular weight is 235 g/mol. The average Bonchev–Trinajstić information content (AvgIpc) is 2.66. The SMILES string of the molecule is CC(CN)S(=O)(=O)NCc1cncs1. The molecule has 80 valence electrons. The van der Waals surface area contributed by atoms with Crippen molar-refractivity contribution in [1.29, 1.82) is 0 Å². The van der Waals surface area contributed by atoms with Gasteiger partial charge in [0.2, 0.25) is 10.0 Å². The topological polar surface area (TPSA) is 85.1 Å². The molecule has 1 atom stereocenters. The van der Waals surface area contributed by atoms with Gasteiger partial charge in [0.1, 0.15) is 0 Å². The van der Waals surface area contributed by atoms with Crippen molar-refractivity contribution in [3.63, 3.8) is 0 Å². The summed E-state index contributed by atoms with van der Waals surface area (Å²) in [4.78, 5) is 4.73. The highest BCUT2D eigenvalue weighted by molar-refractivity contribution is 7.90. The minimum atomic E-state index is -3.28. The lowest BCUT2D eigenvalue weighted by atomic mass is 10.5. The molecule has 1 heterocycles.